The molecule has 0 amide bonds. The lowest BCUT2D eigenvalue weighted by molar-refractivity contribution is 0.103. The summed E-state index contributed by atoms with van der Waals surface area (Å²) < 4.78 is 0. The number of hydrogen-bond donors (Lipinski definition) is 4. The van der Waals surface area contributed by atoms with Crippen LogP contribution < -0.4 is 10.6 Å². The molecule has 0 saturated carbocycles. The van der Waals surface area contributed by atoms with Gasteiger partial charge in [0.15, 0.2) is 0 Å². The van der Waals surface area contributed by atoms with Crippen LogP contribution in [0.5, 0.6) is 0 Å². The Hall–Kier alpha value is -1.30. The number of aliphatic hydroxyl groups excluding tert-OH is 3. The van der Waals surface area contributed by atoms with E-state index >= 15 is 0 Å². The molecule has 5 heteroatoms. The molecular weight excluding hydrogens is 232 g/mol. The van der Waals surface area contributed by atoms with Crippen molar-refractivity contribution in [3.05, 3.63) is 23.8 Å². The van der Waals surface area contributed by atoms with Crippen LogP contribution >= 0.6 is 0 Å². The van der Waals surface area contributed by atoms with Crippen LogP contribution in [0.25, 0.3) is 0 Å². The number of nitrogen functional groups attached to an aromatic ring is 1. The molecule has 0 aliphatic carbocycles. The van der Waals surface area contributed by atoms with E-state index in [1.165, 1.54) is 4.90 Å². The number of hydrogen-bond acceptors (Lipinski definition) is 5. The maximum atomic E-state index is 10.0. The van der Waals surface area contributed by atoms with E-state index < -0.39 is 18.6 Å². The molecule has 3 unspecified atom stereocenters. The maximum Gasteiger partial charge on any atom is 0.126 e. The topological polar surface area (TPSA) is 90.0 Å². The first-order valence-corrected chi connectivity index (χ1v) is 6.10. The van der Waals surface area contributed by atoms with Gasteiger partial charge in [0.05, 0.1) is 6.10 Å². The van der Waals surface area contributed by atoms with Gasteiger partial charge in [-0.3, -0.25) is 0 Å². The van der Waals surface area contributed by atoms with Crippen LogP contribution in [0.3, 0.4) is 0 Å². The number of aliphatic hydroxyl groups is 3. The van der Waals surface area contributed by atoms with Crippen molar-refractivity contribution in [2.24, 2.45) is 0 Å². The van der Waals surface area contributed by atoms with Gasteiger partial charge in [0.2, 0.25) is 0 Å². The summed E-state index contributed by atoms with van der Waals surface area (Å²) in [5, 5.41) is 29.5. The summed E-state index contributed by atoms with van der Waals surface area (Å²) in [6.45, 7) is 4.98. The molecule has 0 aliphatic heterocycles. The van der Waals surface area contributed by atoms with Crippen LogP contribution in [0.2, 0.25) is 0 Å². The molecule has 5 N–H and O–H groups in total. The van der Waals surface area contributed by atoms with E-state index in [0.717, 1.165) is 0 Å². The van der Waals surface area contributed by atoms with E-state index in [1.807, 2.05) is 6.92 Å². The van der Waals surface area contributed by atoms with Gasteiger partial charge in [-0.25, -0.2) is 0 Å². The molecule has 0 saturated heterocycles. The third-order valence-electron chi connectivity index (χ3n) is 2.88. The summed E-state index contributed by atoms with van der Waals surface area (Å²) in [5.74, 6) is 0. The molecule has 0 aliphatic rings. The molecule has 1 aromatic carbocycles. The van der Waals surface area contributed by atoms with Crippen LogP contribution in [-0.2, 0) is 0 Å². The third kappa shape index (κ3) is 3.13. The fourth-order valence-corrected chi connectivity index (χ4v) is 2.01. The molecule has 5 nitrogen and oxygen atoms in total. The van der Waals surface area contributed by atoms with Crippen molar-refractivity contribution in [2.75, 3.05) is 10.6 Å². The van der Waals surface area contributed by atoms with Gasteiger partial charge in [-0.1, -0.05) is 6.92 Å². The Morgan fingerprint density at radius 1 is 1.17 bits per heavy atom. The molecule has 0 heterocycles. The highest BCUT2D eigenvalue weighted by Gasteiger charge is 2.22. The first-order chi connectivity index (χ1) is 8.38. The largest absolute Gasteiger partial charge is 0.399 e. The Morgan fingerprint density at radius 3 is 2.17 bits per heavy atom. The first kappa shape index (κ1) is 14.8. The zero-order valence-corrected chi connectivity index (χ0v) is 11.0. The number of benzene rings is 1. The Morgan fingerprint density at radius 2 is 1.72 bits per heavy atom. The standard InChI is InChI=1S/C13H22N2O3/c1-4-13(18)11-7-10(14)5-6-12(11)15(8(2)16)9(3)17/h5-9,13,16-18H,4,14H2,1-3H3. The minimum Gasteiger partial charge on any atom is -0.399 e. The zero-order valence-electron chi connectivity index (χ0n) is 11.0. The molecule has 102 valence electrons. The molecule has 0 radical (unpaired) electrons. The van der Waals surface area contributed by atoms with E-state index in [4.69, 9.17) is 5.73 Å². The minimum absolute atomic E-state index is 0.532. The number of nitrogens with zero attached hydrogens (tertiary/aromatic N) is 1. The second kappa shape index (κ2) is 6.04. The Labute approximate surface area is 107 Å². The maximum absolute atomic E-state index is 10.0. The molecule has 0 bridgehead atoms. The monoisotopic (exact) mass is 254 g/mol. The highest BCUT2D eigenvalue weighted by atomic mass is 16.3. The predicted octanol–water partition coefficient (Wildman–Crippen LogP) is 1.20. The van der Waals surface area contributed by atoms with E-state index in [2.05, 4.69) is 0 Å². The Kier molecular flexibility index (Phi) is 4.95. The first-order valence-electron chi connectivity index (χ1n) is 6.10. The van der Waals surface area contributed by atoms with Crippen LogP contribution in [0.4, 0.5) is 11.4 Å². The molecule has 0 aromatic heterocycles. The predicted molar refractivity (Wildman–Crippen MR) is 71.9 cm³/mol. The summed E-state index contributed by atoms with van der Waals surface area (Å²) >= 11 is 0. The summed E-state index contributed by atoms with van der Waals surface area (Å²) in [6, 6.07) is 5.04. The quantitative estimate of drug-likeness (QED) is 0.468. The molecule has 0 spiro atoms. The molecule has 0 fully saturated rings. The SMILES string of the molecule is CCC(O)c1cc(N)ccc1N(C(C)O)C(C)O. The fraction of sp³-hybridized carbons (Fsp3) is 0.538. The lowest BCUT2D eigenvalue weighted by Gasteiger charge is -2.33. The van der Waals surface area contributed by atoms with Gasteiger partial charge >= 0.3 is 0 Å². The van der Waals surface area contributed by atoms with Crippen molar-refractivity contribution in [3.63, 3.8) is 0 Å². The normalized spacial score (nSPS) is 16.1. The van der Waals surface area contributed by atoms with Gasteiger partial charge in [-0.15, -0.1) is 0 Å². The van der Waals surface area contributed by atoms with Gasteiger partial charge in [0.1, 0.15) is 12.5 Å². The number of anilines is 2. The van der Waals surface area contributed by atoms with Gasteiger partial charge in [0, 0.05) is 16.9 Å². The Balaban J connectivity index is 3.29. The van der Waals surface area contributed by atoms with Gasteiger partial charge in [-0.05, 0) is 38.5 Å². The van der Waals surface area contributed by atoms with Crippen LogP contribution in [0.1, 0.15) is 38.9 Å². The number of rotatable bonds is 5. The zero-order chi connectivity index (χ0) is 13.9. The average Bonchev–Trinajstić information content (AvgIpc) is 2.29. The van der Waals surface area contributed by atoms with Gasteiger partial charge in [0.25, 0.3) is 0 Å². The van der Waals surface area contributed by atoms with Crippen molar-refractivity contribution in [1.29, 1.82) is 0 Å². The Bertz CT molecular complexity index is 386. The number of nitrogens with two attached hydrogens (primary N) is 1. The highest BCUT2D eigenvalue weighted by Crippen LogP contribution is 2.32. The van der Waals surface area contributed by atoms with Gasteiger partial charge in [-0.2, -0.15) is 0 Å². The lowest BCUT2D eigenvalue weighted by atomic mass is 10.0. The lowest BCUT2D eigenvalue weighted by Crippen LogP contribution is -2.41. The van der Waals surface area contributed by atoms with Crippen molar-refractivity contribution in [1.82, 2.24) is 0 Å². The molecule has 1 rings (SSSR count). The average molecular weight is 254 g/mol. The van der Waals surface area contributed by atoms with Crippen molar-refractivity contribution < 1.29 is 15.3 Å². The third-order valence-corrected chi connectivity index (χ3v) is 2.88. The molecule has 1 aromatic rings. The summed E-state index contributed by atoms with van der Waals surface area (Å²) in [5.41, 5.74) is 7.45. The van der Waals surface area contributed by atoms with Crippen molar-refractivity contribution >= 4 is 11.4 Å². The molecule has 18 heavy (non-hydrogen) atoms. The van der Waals surface area contributed by atoms with Crippen molar-refractivity contribution in [3.8, 4) is 0 Å². The summed E-state index contributed by atoms with van der Waals surface area (Å²) in [6.07, 6.45) is -1.87. The summed E-state index contributed by atoms with van der Waals surface area (Å²) in [4.78, 5) is 1.42. The highest BCUT2D eigenvalue weighted by molar-refractivity contribution is 5.61. The van der Waals surface area contributed by atoms with Crippen molar-refractivity contribution in [2.45, 2.75) is 45.8 Å². The van der Waals surface area contributed by atoms with Crippen LogP contribution in [-0.4, -0.2) is 27.8 Å². The van der Waals surface area contributed by atoms with E-state index in [9.17, 15) is 15.3 Å². The minimum atomic E-state index is -0.864. The van der Waals surface area contributed by atoms with Gasteiger partial charge < -0.3 is 26.0 Å². The summed E-state index contributed by atoms with van der Waals surface area (Å²) in [7, 11) is 0. The fourth-order valence-electron chi connectivity index (χ4n) is 2.01. The van der Waals surface area contributed by atoms with E-state index in [1.54, 1.807) is 32.0 Å². The van der Waals surface area contributed by atoms with E-state index in [0.29, 0.717) is 23.4 Å². The second-order valence-corrected chi connectivity index (χ2v) is 4.41. The van der Waals surface area contributed by atoms with Crippen LogP contribution in [0, 0.1) is 0 Å². The smallest absolute Gasteiger partial charge is 0.126 e. The molecular formula is C13H22N2O3. The molecule has 3 atom stereocenters. The second-order valence-electron chi connectivity index (χ2n) is 4.41. The van der Waals surface area contributed by atoms with Crippen LogP contribution in [0.15, 0.2) is 18.2 Å². The van der Waals surface area contributed by atoms with E-state index in [-0.39, 0.29) is 0 Å².